The second kappa shape index (κ2) is 14.7. The molecule has 2 aromatic rings. The van der Waals surface area contributed by atoms with Crippen molar-refractivity contribution in [3.8, 4) is 11.5 Å². The van der Waals surface area contributed by atoms with Crippen LogP contribution in [0.15, 0.2) is 48.5 Å². The molecule has 0 spiro atoms. The fourth-order valence-corrected chi connectivity index (χ4v) is 2.84. The van der Waals surface area contributed by atoms with Crippen LogP contribution in [0.2, 0.25) is 0 Å². The number of halogens is 4. The summed E-state index contributed by atoms with van der Waals surface area (Å²) in [7, 11) is 0. The maximum Gasteiger partial charge on any atom is 0.389 e. The molecule has 0 aliphatic rings. The Hall–Kier alpha value is -3.89. The summed E-state index contributed by atoms with van der Waals surface area (Å²) in [6.45, 7) is 3.23. The van der Waals surface area contributed by atoms with Crippen LogP contribution in [-0.4, -0.2) is 43.9 Å². The molecule has 0 radical (unpaired) electrons. The van der Waals surface area contributed by atoms with E-state index in [1.54, 1.807) is 26.0 Å². The molecule has 0 atom stereocenters. The molecule has 0 saturated carbocycles. The van der Waals surface area contributed by atoms with Gasteiger partial charge in [-0.05, 0) is 48.7 Å². The Balaban J connectivity index is 1.79. The molecule has 0 aliphatic heterocycles. The summed E-state index contributed by atoms with van der Waals surface area (Å²) in [4.78, 5) is 35.4. The molecular formula is C27H28F4O7. The lowest BCUT2D eigenvalue weighted by atomic mass is 10.2. The minimum Gasteiger partial charge on any atom is -0.493 e. The van der Waals surface area contributed by atoms with E-state index in [-0.39, 0.29) is 61.6 Å². The molecule has 0 unspecified atom stereocenters. The van der Waals surface area contributed by atoms with Crippen molar-refractivity contribution in [1.82, 2.24) is 0 Å². The number of rotatable bonds is 13. The number of alkyl halides is 3. The highest BCUT2D eigenvalue weighted by Crippen LogP contribution is 2.23. The summed E-state index contributed by atoms with van der Waals surface area (Å²) in [5.74, 6) is -2.94. The molecule has 7 nitrogen and oxygen atoms in total. The molecule has 0 amide bonds. The lowest BCUT2D eigenvalue weighted by Crippen LogP contribution is -2.16. The van der Waals surface area contributed by atoms with Crippen molar-refractivity contribution < 1.29 is 50.9 Å². The van der Waals surface area contributed by atoms with E-state index in [2.05, 4.69) is 0 Å². The fourth-order valence-electron chi connectivity index (χ4n) is 2.84. The maximum atomic E-state index is 14.4. The quantitative estimate of drug-likeness (QED) is 0.103. The van der Waals surface area contributed by atoms with Gasteiger partial charge in [-0.3, -0.25) is 4.79 Å². The SMILES string of the molecule is CC(C)C(=O)OCCOC(=O)/C=C/c1ccc(OC(=O)c2ccc(OCCCCC(F)(F)F)cc2F)cc1. The van der Waals surface area contributed by atoms with Gasteiger partial charge in [0.25, 0.3) is 0 Å². The van der Waals surface area contributed by atoms with Crippen molar-refractivity contribution in [3.05, 3.63) is 65.5 Å². The second-order valence-electron chi connectivity index (χ2n) is 8.34. The fraction of sp³-hybridized carbons (Fsp3) is 0.370. The molecule has 206 valence electrons. The van der Waals surface area contributed by atoms with Crippen LogP contribution in [0.25, 0.3) is 6.08 Å². The highest BCUT2D eigenvalue weighted by molar-refractivity contribution is 5.91. The topological polar surface area (TPSA) is 88.1 Å². The largest absolute Gasteiger partial charge is 0.493 e. The van der Waals surface area contributed by atoms with E-state index in [1.807, 2.05) is 0 Å². The van der Waals surface area contributed by atoms with Gasteiger partial charge in [0.2, 0.25) is 0 Å². The Labute approximate surface area is 217 Å². The lowest BCUT2D eigenvalue weighted by molar-refractivity contribution is -0.152. The smallest absolute Gasteiger partial charge is 0.389 e. The van der Waals surface area contributed by atoms with Crippen LogP contribution in [0.5, 0.6) is 11.5 Å². The first-order valence-electron chi connectivity index (χ1n) is 11.8. The Bertz CT molecular complexity index is 1110. The van der Waals surface area contributed by atoms with Gasteiger partial charge in [0.15, 0.2) is 0 Å². The molecule has 0 heterocycles. The summed E-state index contributed by atoms with van der Waals surface area (Å²) in [5.41, 5.74) is 0.246. The Morgan fingerprint density at radius 3 is 2.18 bits per heavy atom. The zero-order valence-corrected chi connectivity index (χ0v) is 20.9. The first kappa shape index (κ1) is 30.3. The summed E-state index contributed by atoms with van der Waals surface area (Å²) in [6, 6.07) is 9.46. The Morgan fingerprint density at radius 2 is 1.55 bits per heavy atom. The Morgan fingerprint density at radius 1 is 0.895 bits per heavy atom. The highest BCUT2D eigenvalue weighted by Gasteiger charge is 2.25. The number of carbonyl (C=O) groups excluding carboxylic acids is 3. The van der Waals surface area contributed by atoms with Gasteiger partial charge in [0, 0.05) is 18.6 Å². The third kappa shape index (κ3) is 11.4. The number of hydrogen-bond acceptors (Lipinski definition) is 7. The Kier molecular flexibility index (Phi) is 11.8. The summed E-state index contributed by atoms with van der Waals surface area (Å²) >= 11 is 0. The van der Waals surface area contributed by atoms with Crippen molar-refractivity contribution in [2.24, 2.45) is 5.92 Å². The zero-order valence-electron chi connectivity index (χ0n) is 20.9. The third-order valence-electron chi connectivity index (χ3n) is 4.83. The van der Waals surface area contributed by atoms with Crippen LogP contribution >= 0.6 is 0 Å². The molecule has 0 aliphatic carbocycles. The minimum absolute atomic E-state index is 0.0223. The monoisotopic (exact) mass is 540 g/mol. The first-order chi connectivity index (χ1) is 17.9. The number of ether oxygens (including phenoxy) is 4. The zero-order chi connectivity index (χ0) is 28.1. The van der Waals surface area contributed by atoms with E-state index in [9.17, 15) is 31.9 Å². The lowest BCUT2D eigenvalue weighted by Gasteiger charge is -2.09. The van der Waals surface area contributed by atoms with Crippen LogP contribution in [-0.2, 0) is 19.1 Å². The van der Waals surface area contributed by atoms with Crippen molar-refractivity contribution >= 4 is 24.0 Å². The number of hydrogen-bond donors (Lipinski definition) is 0. The predicted octanol–water partition coefficient (Wildman–Crippen LogP) is 5.91. The molecule has 0 saturated heterocycles. The molecule has 2 rings (SSSR count). The first-order valence-corrected chi connectivity index (χ1v) is 11.8. The molecule has 0 fully saturated rings. The van der Waals surface area contributed by atoms with E-state index in [0.29, 0.717) is 5.56 Å². The average molecular weight is 541 g/mol. The van der Waals surface area contributed by atoms with Gasteiger partial charge in [-0.2, -0.15) is 13.2 Å². The standard InChI is InChI=1S/C27H28F4O7/c1-18(2)25(33)37-16-15-36-24(32)12-7-19-5-8-20(9-6-19)38-26(34)22-11-10-21(17-23(22)28)35-14-4-3-13-27(29,30)31/h5-12,17-18H,3-4,13-16H2,1-2H3/b12-7+. The van der Waals surface area contributed by atoms with E-state index < -0.39 is 30.4 Å². The predicted molar refractivity (Wildman–Crippen MR) is 129 cm³/mol. The number of carbonyl (C=O) groups is 3. The van der Waals surface area contributed by atoms with Crippen LogP contribution < -0.4 is 9.47 Å². The van der Waals surface area contributed by atoms with Gasteiger partial charge < -0.3 is 18.9 Å². The van der Waals surface area contributed by atoms with Crippen molar-refractivity contribution in [2.45, 2.75) is 39.3 Å². The molecule has 11 heteroatoms. The van der Waals surface area contributed by atoms with Crippen molar-refractivity contribution in [3.63, 3.8) is 0 Å². The average Bonchev–Trinajstić information content (AvgIpc) is 2.85. The van der Waals surface area contributed by atoms with E-state index in [1.165, 1.54) is 30.4 Å². The summed E-state index contributed by atoms with van der Waals surface area (Å²) in [5, 5.41) is 0. The highest BCUT2D eigenvalue weighted by atomic mass is 19.4. The van der Waals surface area contributed by atoms with E-state index in [0.717, 1.165) is 12.1 Å². The van der Waals surface area contributed by atoms with Gasteiger partial charge in [0.05, 0.1) is 18.1 Å². The minimum atomic E-state index is -4.23. The van der Waals surface area contributed by atoms with Crippen LogP contribution in [0, 0.1) is 11.7 Å². The van der Waals surface area contributed by atoms with Crippen LogP contribution in [0.4, 0.5) is 17.6 Å². The molecule has 2 aromatic carbocycles. The number of benzene rings is 2. The van der Waals surface area contributed by atoms with Gasteiger partial charge in [0.1, 0.15) is 30.5 Å². The molecule has 0 aromatic heterocycles. The van der Waals surface area contributed by atoms with Gasteiger partial charge >= 0.3 is 24.1 Å². The summed E-state index contributed by atoms with van der Waals surface area (Å²) < 4.78 is 71.0. The molecular weight excluding hydrogens is 512 g/mol. The van der Waals surface area contributed by atoms with Crippen LogP contribution in [0.3, 0.4) is 0 Å². The van der Waals surface area contributed by atoms with Crippen molar-refractivity contribution in [2.75, 3.05) is 19.8 Å². The molecule has 38 heavy (non-hydrogen) atoms. The van der Waals surface area contributed by atoms with Crippen molar-refractivity contribution in [1.29, 1.82) is 0 Å². The third-order valence-corrected chi connectivity index (χ3v) is 4.83. The van der Waals surface area contributed by atoms with Gasteiger partial charge in [-0.25, -0.2) is 14.0 Å². The van der Waals surface area contributed by atoms with Gasteiger partial charge in [-0.1, -0.05) is 26.0 Å². The van der Waals surface area contributed by atoms with Gasteiger partial charge in [-0.15, -0.1) is 0 Å². The normalized spacial score (nSPS) is 11.4. The number of esters is 3. The van der Waals surface area contributed by atoms with E-state index >= 15 is 0 Å². The number of unbranched alkanes of at least 4 members (excludes halogenated alkanes) is 1. The second-order valence-corrected chi connectivity index (χ2v) is 8.34. The maximum absolute atomic E-state index is 14.4. The molecule has 0 bridgehead atoms. The van der Waals surface area contributed by atoms with Crippen LogP contribution in [0.1, 0.15) is 49.0 Å². The molecule has 0 N–H and O–H groups in total. The summed E-state index contributed by atoms with van der Waals surface area (Å²) in [6.07, 6.45) is -2.46. The van der Waals surface area contributed by atoms with E-state index in [4.69, 9.17) is 18.9 Å².